The van der Waals surface area contributed by atoms with Crippen LogP contribution in [0.25, 0.3) is 0 Å². The first-order valence-corrected chi connectivity index (χ1v) is 9.18. The van der Waals surface area contributed by atoms with Crippen LogP contribution in [0.3, 0.4) is 0 Å². The fraction of sp³-hybridized carbons (Fsp3) is 0.600. The summed E-state index contributed by atoms with van der Waals surface area (Å²) in [6.45, 7) is 8.10. The molecule has 0 aliphatic carbocycles. The number of carbonyl (C=O) groups is 2. The number of carbonyl (C=O) groups excluding carboxylic acids is 2. The number of piperidine rings is 1. The van der Waals surface area contributed by atoms with E-state index in [4.69, 9.17) is 5.73 Å². The van der Waals surface area contributed by atoms with Gasteiger partial charge in [-0.3, -0.25) is 9.59 Å². The minimum absolute atomic E-state index is 0.0538. The molecule has 2 unspecified atom stereocenters. The van der Waals surface area contributed by atoms with Crippen LogP contribution in [0.2, 0.25) is 0 Å². The zero-order valence-electron chi connectivity index (χ0n) is 15.5. The smallest absolute Gasteiger partial charge is 0.254 e. The highest BCUT2D eigenvalue weighted by Crippen LogP contribution is 2.35. The highest BCUT2D eigenvalue weighted by atomic mass is 16.2. The van der Waals surface area contributed by atoms with Crippen molar-refractivity contribution in [1.29, 1.82) is 0 Å². The van der Waals surface area contributed by atoms with E-state index in [1.54, 1.807) is 4.90 Å². The van der Waals surface area contributed by atoms with Crippen LogP contribution in [0.4, 0.5) is 0 Å². The Morgan fingerprint density at radius 2 is 1.80 bits per heavy atom. The van der Waals surface area contributed by atoms with E-state index in [2.05, 4.69) is 13.8 Å². The normalized spacial score (nSPS) is 28.9. The van der Waals surface area contributed by atoms with Crippen LogP contribution in [0.5, 0.6) is 0 Å². The van der Waals surface area contributed by atoms with E-state index in [1.807, 2.05) is 42.2 Å². The molecule has 2 N–H and O–H groups in total. The number of nitrogens with two attached hydrogens (primary N) is 1. The number of amides is 2. The molecule has 0 aromatic heterocycles. The number of benzene rings is 1. The largest absolute Gasteiger partial charge is 0.340 e. The summed E-state index contributed by atoms with van der Waals surface area (Å²) in [7, 11) is 0. The SMILES string of the molecule is CC1(C)CN(C(=O)C2(C)CCCN2C(=O)c2ccccc2)CCC1N. The van der Waals surface area contributed by atoms with E-state index < -0.39 is 5.54 Å². The Bertz CT molecular complexity index is 658. The van der Waals surface area contributed by atoms with Crippen molar-refractivity contribution in [3.63, 3.8) is 0 Å². The molecule has 136 valence electrons. The van der Waals surface area contributed by atoms with Crippen molar-refractivity contribution >= 4 is 11.8 Å². The third-order valence-electron chi connectivity index (χ3n) is 5.97. The molecule has 0 saturated carbocycles. The average Bonchev–Trinajstić information content (AvgIpc) is 2.99. The summed E-state index contributed by atoms with van der Waals surface area (Å²) < 4.78 is 0. The molecule has 2 amide bonds. The summed E-state index contributed by atoms with van der Waals surface area (Å²) in [5.74, 6) is 0.0103. The van der Waals surface area contributed by atoms with E-state index in [0.29, 0.717) is 31.6 Å². The van der Waals surface area contributed by atoms with Gasteiger partial charge in [-0.05, 0) is 43.7 Å². The maximum absolute atomic E-state index is 13.4. The van der Waals surface area contributed by atoms with E-state index in [-0.39, 0.29) is 23.3 Å². The van der Waals surface area contributed by atoms with Gasteiger partial charge in [0.15, 0.2) is 0 Å². The lowest BCUT2D eigenvalue weighted by Gasteiger charge is -2.46. The highest BCUT2D eigenvalue weighted by Gasteiger charge is 2.49. The number of likely N-dealkylation sites (tertiary alicyclic amines) is 2. The Hall–Kier alpha value is -1.88. The quantitative estimate of drug-likeness (QED) is 0.896. The van der Waals surface area contributed by atoms with Crippen molar-refractivity contribution < 1.29 is 9.59 Å². The van der Waals surface area contributed by atoms with Crippen molar-refractivity contribution in [2.45, 2.75) is 51.6 Å². The maximum Gasteiger partial charge on any atom is 0.254 e. The Morgan fingerprint density at radius 3 is 2.44 bits per heavy atom. The van der Waals surface area contributed by atoms with Gasteiger partial charge in [-0.15, -0.1) is 0 Å². The van der Waals surface area contributed by atoms with Crippen molar-refractivity contribution in [1.82, 2.24) is 9.80 Å². The van der Waals surface area contributed by atoms with Crippen molar-refractivity contribution in [3.05, 3.63) is 35.9 Å². The molecule has 0 bridgehead atoms. The van der Waals surface area contributed by atoms with Crippen LogP contribution in [-0.2, 0) is 4.79 Å². The van der Waals surface area contributed by atoms with E-state index in [1.165, 1.54) is 0 Å². The molecule has 3 rings (SSSR count). The second-order valence-corrected chi connectivity index (χ2v) is 8.31. The molecule has 2 saturated heterocycles. The summed E-state index contributed by atoms with van der Waals surface area (Å²) in [4.78, 5) is 30.0. The van der Waals surface area contributed by atoms with Crippen molar-refractivity contribution in [2.75, 3.05) is 19.6 Å². The summed E-state index contributed by atoms with van der Waals surface area (Å²) in [6.07, 6.45) is 2.38. The predicted octanol–water partition coefficient (Wildman–Crippen LogP) is 2.27. The lowest BCUT2D eigenvalue weighted by atomic mass is 9.79. The molecule has 5 nitrogen and oxygen atoms in total. The molecule has 0 spiro atoms. The third kappa shape index (κ3) is 3.17. The molecular formula is C20H29N3O2. The summed E-state index contributed by atoms with van der Waals surface area (Å²) in [6, 6.07) is 9.34. The molecule has 2 heterocycles. The lowest BCUT2D eigenvalue weighted by Crippen LogP contribution is -2.61. The van der Waals surface area contributed by atoms with Gasteiger partial charge in [-0.1, -0.05) is 32.0 Å². The van der Waals surface area contributed by atoms with E-state index >= 15 is 0 Å². The molecular weight excluding hydrogens is 314 g/mol. The first-order chi connectivity index (χ1) is 11.8. The molecule has 5 heteroatoms. The number of rotatable bonds is 2. The van der Waals surface area contributed by atoms with Gasteiger partial charge in [0.05, 0.1) is 0 Å². The molecule has 2 fully saturated rings. The summed E-state index contributed by atoms with van der Waals surface area (Å²) in [5, 5.41) is 0. The van der Waals surface area contributed by atoms with Crippen molar-refractivity contribution in [3.8, 4) is 0 Å². The molecule has 2 aliphatic heterocycles. The van der Waals surface area contributed by atoms with Gasteiger partial charge >= 0.3 is 0 Å². The third-order valence-corrected chi connectivity index (χ3v) is 5.97. The standard InChI is InChI=1S/C20H29N3O2/c1-19(2)14-22(13-10-16(19)21)18(25)20(3)11-7-12-23(20)17(24)15-8-5-4-6-9-15/h4-6,8-9,16H,7,10-14,21H2,1-3H3. The van der Waals surface area contributed by atoms with Crippen LogP contribution >= 0.6 is 0 Å². The van der Waals surface area contributed by atoms with Gasteiger partial charge in [0.25, 0.3) is 5.91 Å². The van der Waals surface area contributed by atoms with Crippen LogP contribution in [0.15, 0.2) is 30.3 Å². The Morgan fingerprint density at radius 1 is 1.12 bits per heavy atom. The lowest BCUT2D eigenvalue weighted by molar-refractivity contribution is -0.144. The molecule has 0 radical (unpaired) electrons. The van der Waals surface area contributed by atoms with Gasteiger partial charge in [-0.2, -0.15) is 0 Å². The zero-order chi connectivity index (χ0) is 18.2. The van der Waals surface area contributed by atoms with Crippen LogP contribution in [0.1, 0.15) is 50.4 Å². The Labute approximate surface area is 150 Å². The molecule has 2 aliphatic rings. The van der Waals surface area contributed by atoms with E-state index in [0.717, 1.165) is 12.8 Å². The Kier molecular flexibility index (Phi) is 4.62. The summed E-state index contributed by atoms with van der Waals surface area (Å²) in [5.41, 5.74) is 5.99. The highest BCUT2D eigenvalue weighted by molar-refractivity contribution is 5.99. The average molecular weight is 343 g/mol. The van der Waals surface area contributed by atoms with Crippen LogP contribution in [-0.4, -0.2) is 52.8 Å². The van der Waals surface area contributed by atoms with Gasteiger partial charge < -0.3 is 15.5 Å². The minimum Gasteiger partial charge on any atom is -0.340 e. The van der Waals surface area contributed by atoms with Gasteiger partial charge in [0.2, 0.25) is 5.91 Å². The van der Waals surface area contributed by atoms with Crippen molar-refractivity contribution in [2.24, 2.45) is 11.1 Å². The molecule has 1 aromatic carbocycles. The fourth-order valence-electron chi connectivity index (χ4n) is 4.14. The van der Waals surface area contributed by atoms with Gasteiger partial charge in [-0.25, -0.2) is 0 Å². The van der Waals surface area contributed by atoms with Crippen LogP contribution < -0.4 is 5.73 Å². The molecule has 1 aromatic rings. The first kappa shape index (κ1) is 17.9. The Balaban J connectivity index is 1.82. The zero-order valence-corrected chi connectivity index (χ0v) is 15.5. The second-order valence-electron chi connectivity index (χ2n) is 8.31. The van der Waals surface area contributed by atoms with Gasteiger partial charge in [0.1, 0.15) is 5.54 Å². The maximum atomic E-state index is 13.4. The second kappa shape index (κ2) is 6.45. The molecule has 2 atom stereocenters. The number of nitrogens with zero attached hydrogens (tertiary/aromatic N) is 2. The van der Waals surface area contributed by atoms with Crippen LogP contribution in [0, 0.1) is 5.41 Å². The topological polar surface area (TPSA) is 66.6 Å². The fourth-order valence-corrected chi connectivity index (χ4v) is 4.14. The van der Waals surface area contributed by atoms with E-state index in [9.17, 15) is 9.59 Å². The molecule has 25 heavy (non-hydrogen) atoms. The van der Waals surface area contributed by atoms with Gasteiger partial charge in [0, 0.05) is 31.2 Å². The minimum atomic E-state index is -0.759. The monoisotopic (exact) mass is 343 g/mol. The number of hydrogen-bond donors (Lipinski definition) is 1. The predicted molar refractivity (Wildman–Crippen MR) is 98.1 cm³/mol. The number of hydrogen-bond acceptors (Lipinski definition) is 3. The summed E-state index contributed by atoms with van der Waals surface area (Å²) >= 11 is 0. The first-order valence-electron chi connectivity index (χ1n) is 9.18.